The van der Waals surface area contributed by atoms with Crippen molar-refractivity contribution in [2.24, 2.45) is 28.6 Å². The number of esters is 3. The minimum absolute atomic E-state index is 0.0131. The van der Waals surface area contributed by atoms with Crippen molar-refractivity contribution < 1.29 is 33.7 Å². The van der Waals surface area contributed by atoms with Gasteiger partial charge in [-0.25, -0.2) is 0 Å². The molecule has 0 saturated heterocycles. The van der Waals surface area contributed by atoms with Gasteiger partial charge >= 0.3 is 17.9 Å². The van der Waals surface area contributed by atoms with E-state index in [4.69, 9.17) is 9.47 Å². The van der Waals surface area contributed by atoms with Crippen molar-refractivity contribution in [2.45, 2.75) is 99.0 Å². The lowest BCUT2D eigenvalue weighted by atomic mass is 9.47. The van der Waals surface area contributed by atoms with Crippen molar-refractivity contribution in [1.29, 1.82) is 0 Å². The van der Waals surface area contributed by atoms with Gasteiger partial charge in [0, 0.05) is 11.8 Å². The third kappa shape index (κ3) is 8.69. The summed E-state index contributed by atoms with van der Waals surface area (Å²) in [7, 11) is 1.29. The first-order chi connectivity index (χ1) is 17.3. The van der Waals surface area contributed by atoms with Crippen LogP contribution >= 0.6 is 0 Å². The van der Waals surface area contributed by atoms with Gasteiger partial charge in [0.15, 0.2) is 0 Å². The molecule has 0 radical (unpaired) electrons. The van der Waals surface area contributed by atoms with Gasteiger partial charge in [0.25, 0.3) is 0 Å². The van der Waals surface area contributed by atoms with Crippen LogP contribution in [0, 0.1) is 28.6 Å². The predicted molar refractivity (Wildman–Crippen MR) is 142 cm³/mol. The van der Waals surface area contributed by atoms with Crippen LogP contribution in [-0.4, -0.2) is 49.4 Å². The first-order valence-corrected chi connectivity index (χ1v) is 13.7. The molecule has 0 aromatic heterocycles. The van der Waals surface area contributed by atoms with Crippen LogP contribution in [0.4, 0.5) is 0 Å². The van der Waals surface area contributed by atoms with Gasteiger partial charge in [-0.1, -0.05) is 44.9 Å². The fraction of sp³-hybridized carbons (Fsp3) is 0.767. The quantitative estimate of drug-likeness (QED) is 0.205. The molecule has 2 aliphatic rings. The lowest BCUT2D eigenvalue weighted by Crippen LogP contribution is -2.55. The Labute approximate surface area is 223 Å². The zero-order valence-corrected chi connectivity index (χ0v) is 23.9. The summed E-state index contributed by atoms with van der Waals surface area (Å²) >= 11 is 0. The highest BCUT2D eigenvalue weighted by Gasteiger charge is 2.56. The van der Waals surface area contributed by atoms with Crippen LogP contribution in [-0.2, 0) is 28.6 Å². The molecular weight excluding hydrogens is 472 g/mol. The Kier molecular flexibility index (Phi) is 11.4. The summed E-state index contributed by atoms with van der Waals surface area (Å²) in [6, 6.07) is 0. The molecule has 37 heavy (non-hydrogen) atoms. The van der Waals surface area contributed by atoms with E-state index in [1.54, 1.807) is 0 Å². The maximum atomic E-state index is 12.3. The van der Waals surface area contributed by atoms with Crippen LogP contribution in [0.1, 0.15) is 92.9 Å². The van der Waals surface area contributed by atoms with Gasteiger partial charge in [-0.05, 0) is 75.2 Å². The van der Waals surface area contributed by atoms with E-state index in [0.717, 1.165) is 31.3 Å². The smallest absolute Gasteiger partial charge is 0.306 e. The van der Waals surface area contributed by atoms with Crippen molar-refractivity contribution in [3.63, 3.8) is 0 Å². The SMILES string of the molecule is COC(=O)CCC(=O)OC/C=C(\C)CC[C@H]1C(C)=CC[C@H]2[C@@](C)(COC(=O)CC(C)C)C[C@H](O)C[C@]12C. The highest BCUT2D eigenvalue weighted by atomic mass is 16.5. The molecule has 0 amide bonds. The topological polar surface area (TPSA) is 99.1 Å². The van der Waals surface area contributed by atoms with Crippen LogP contribution in [0.3, 0.4) is 0 Å². The number of rotatable bonds is 12. The van der Waals surface area contributed by atoms with Crippen LogP contribution in [0.25, 0.3) is 0 Å². The number of allylic oxidation sites excluding steroid dienone is 3. The third-order valence-corrected chi connectivity index (χ3v) is 8.44. The molecule has 2 aliphatic carbocycles. The Bertz CT molecular complexity index is 873. The summed E-state index contributed by atoms with van der Waals surface area (Å²) < 4.78 is 15.5. The fourth-order valence-corrected chi connectivity index (χ4v) is 6.59. The Balaban J connectivity index is 2.03. The summed E-state index contributed by atoms with van der Waals surface area (Å²) in [5, 5.41) is 11.0. The van der Waals surface area contributed by atoms with E-state index in [0.29, 0.717) is 31.3 Å². The number of methoxy groups -OCH3 is 1. The van der Waals surface area contributed by atoms with Crippen molar-refractivity contribution in [2.75, 3.05) is 20.3 Å². The van der Waals surface area contributed by atoms with Gasteiger partial charge in [-0.15, -0.1) is 0 Å². The van der Waals surface area contributed by atoms with Crippen LogP contribution in [0.15, 0.2) is 23.3 Å². The summed E-state index contributed by atoms with van der Waals surface area (Å²) in [6.07, 6.45) is 8.38. The van der Waals surface area contributed by atoms with Crippen LogP contribution in [0.2, 0.25) is 0 Å². The van der Waals surface area contributed by atoms with Gasteiger partial charge in [0.2, 0.25) is 0 Å². The first kappa shape index (κ1) is 31.1. The summed E-state index contributed by atoms with van der Waals surface area (Å²) in [6.45, 7) is 13.3. The van der Waals surface area contributed by atoms with Gasteiger partial charge < -0.3 is 19.3 Å². The average molecular weight is 521 g/mol. The lowest BCUT2D eigenvalue weighted by Gasteiger charge is -2.58. The molecule has 0 unspecified atom stereocenters. The van der Waals surface area contributed by atoms with E-state index in [-0.39, 0.29) is 42.2 Å². The standard InChI is InChI=1S/C30H48O7/c1-20(2)16-28(34)37-19-29(5)17-23(31)18-30(6)24(22(4)9-11-25(29)30)10-8-21(3)14-15-36-27(33)13-12-26(32)35-7/h9,14,20,23-25,31H,8,10-13,15-19H2,1-7H3/b21-14+/t23-,24-,25-,29+,30+/m0/s1. The Morgan fingerprint density at radius 1 is 1.08 bits per heavy atom. The maximum Gasteiger partial charge on any atom is 0.306 e. The summed E-state index contributed by atoms with van der Waals surface area (Å²) in [5.74, 6) is -0.137. The average Bonchev–Trinajstić information content (AvgIpc) is 2.79. The fourth-order valence-electron chi connectivity index (χ4n) is 6.59. The number of carbonyl (C=O) groups is 3. The van der Waals surface area contributed by atoms with E-state index >= 15 is 0 Å². The number of fused-ring (bicyclic) bond motifs is 1. The second kappa shape index (κ2) is 13.6. The molecule has 0 aliphatic heterocycles. The highest BCUT2D eigenvalue weighted by Crippen LogP contribution is 2.60. The van der Waals surface area contributed by atoms with Gasteiger partial charge in [0.1, 0.15) is 6.61 Å². The van der Waals surface area contributed by atoms with Crippen molar-refractivity contribution in [3.05, 3.63) is 23.3 Å². The highest BCUT2D eigenvalue weighted by molar-refractivity contribution is 5.77. The van der Waals surface area contributed by atoms with Crippen molar-refractivity contribution in [1.82, 2.24) is 0 Å². The zero-order valence-electron chi connectivity index (χ0n) is 23.9. The molecule has 1 saturated carbocycles. The molecule has 5 atom stereocenters. The van der Waals surface area contributed by atoms with E-state index in [1.165, 1.54) is 12.7 Å². The largest absolute Gasteiger partial charge is 0.469 e. The lowest BCUT2D eigenvalue weighted by molar-refractivity contribution is -0.161. The van der Waals surface area contributed by atoms with E-state index in [9.17, 15) is 19.5 Å². The van der Waals surface area contributed by atoms with Crippen LogP contribution < -0.4 is 0 Å². The number of ether oxygens (including phenoxy) is 3. The number of aliphatic hydroxyl groups excluding tert-OH is 1. The molecule has 1 N–H and O–H groups in total. The molecule has 0 bridgehead atoms. The first-order valence-electron chi connectivity index (χ1n) is 13.7. The van der Waals surface area contributed by atoms with E-state index in [1.807, 2.05) is 26.8 Å². The Hall–Kier alpha value is -2.15. The second-order valence-corrected chi connectivity index (χ2v) is 12.1. The minimum atomic E-state index is -0.427. The third-order valence-electron chi connectivity index (χ3n) is 8.44. The molecule has 0 aromatic carbocycles. The molecule has 7 heteroatoms. The number of carbonyl (C=O) groups excluding carboxylic acids is 3. The number of hydrogen-bond donors (Lipinski definition) is 1. The summed E-state index contributed by atoms with van der Waals surface area (Å²) in [5.41, 5.74) is 2.11. The zero-order chi connectivity index (χ0) is 27.8. The van der Waals surface area contributed by atoms with Gasteiger partial charge in [-0.3, -0.25) is 14.4 Å². The molecule has 7 nitrogen and oxygen atoms in total. The molecule has 2 rings (SSSR count). The molecule has 0 heterocycles. The number of hydrogen-bond acceptors (Lipinski definition) is 7. The van der Waals surface area contributed by atoms with Gasteiger partial charge in [-0.2, -0.15) is 0 Å². The monoisotopic (exact) mass is 520 g/mol. The van der Waals surface area contributed by atoms with Crippen molar-refractivity contribution >= 4 is 17.9 Å². The molecule has 0 spiro atoms. The molecule has 0 aromatic rings. The second-order valence-electron chi connectivity index (χ2n) is 12.1. The Morgan fingerprint density at radius 3 is 2.41 bits per heavy atom. The van der Waals surface area contributed by atoms with Gasteiger partial charge in [0.05, 0.1) is 32.7 Å². The molecule has 210 valence electrons. The summed E-state index contributed by atoms with van der Waals surface area (Å²) in [4.78, 5) is 35.3. The number of aliphatic hydroxyl groups is 1. The predicted octanol–water partition coefficient (Wildman–Crippen LogP) is 5.55. The Morgan fingerprint density at radius 2 is 1.76 bits per heavy atom. The van der Waals surface area contributed by atoms with Crippen molar-refractivity contribution in [3.8, 4) is 0 Å². The maximum absolute atomic E-state index is 12.3. The molecular formula is C30H48O7. The van der Waals surface area contributed by atoms with E-state index < -0.39 is 18.0 Å². The van der Waals surface area contributed by atoms with E-state index in [2.05, 4.69) is 31.6 Å². The normalized spacial score (nSPS) is 29.8. The van der Waals surface area contributed by atoms with Crippen LogP contribution in [0.5, 0.6) is 0 Å². The molecule has 1 fully saturated rings. The minimum Gasteiger partial charge on any atom is -0.469 e.